The van der Waals surface area contributed by atoms with Crippen LogP contribution in [0.1, 0.15) is 40.5 Å². The fourth-order valence-electron chi connectivity index (χ4n) is 5.14. The first-order valence-corrected chi connectivity index (χ1v) is 13.1. The molecule has 1 aliphatic rings. The fourth-order valence-corrected chi connectivity index (χ4v) is 5.82. The summed E-state index contributed by atoms with van der Waals surface area (Å²) < 4.78 is 3.66. The van der Waals surface area contributed by atoms with E-state index < -0.39 is 0 Å². The summed E-state index contributed by atoms with van der Waals surface area (Å²) in [6.45, 7) is 5.26. The molecular formula is C28H27N5O2S. The molecule has 4 heterocycles. The Morgan fingerprint density at radius 1 is 1.03 bits per heavy atom. The zero-order valence-corrected chi connectivity index (χ0v) is 21.1. The minimum Gasteiger partial charge on any atom is -0.337 e. The predicted octanol–water partition coefficient (Wildman–Crippen LogP) is 5.34. The minimum atomic E-state index is -0.0884. The number of carbonyl (C=O) groups is 1. The van der Waals surface area contributed by atoms with Crippen LogP contribution in [-0.4, -0.2) is 43.2 Å². The lowest BCUT2D eigenvalue weighted by Crippen LogP contribution is -2.41. The number of hydrogen-bond acceptors (Lipinski definition) is 4. The first-order valence-electron chi connectivity index (χ1n) is 12.2. The lowest BCUT2D eigenvalue weighted by Gasteiger charge is -2.32. The Labute approximate surface area is 212 Å². The Morgan fingerprint density at radius 3 is 2.61 bits per heavy atom. The van der Waals surface area contributed by atoms with Gasteiger partial charge < -0.3 is 9.88 Å². The fraction of sp³-hybridized carbons (Fsp3) is 0.250. The van der Waals surface area contributed by atoms with Crippen LogP contribution in [0, 0.1) is 13.8 Å². The molecule has 6 rings (SSSR count). The largest absolute Gasteiger partial charge is 0.337 e. The number of fused-ring (bicyclic) bond motifs is 1. The van der Waals surface area contributed by atoms with Gasteiger partial charge in [-0.2, -0.15) is 5.10 Å². The van der Waals surface area contributed by atoms with Crippen molar-refractivity contribution in [2.75, 3.05) is 13.1 Å². The van der Waals surface area contributed by atoms with Gasteiger partial charge in [-0.05, 0) is 73.5 Å². The van der Waals surface area contributed by atoms with E-state index >= 15 is 0 Å². The third-order valence-corrected chi connectivity index (χ3v) is 7.93. The second-order valence-corrected chi connectivity index (χ2v) is 10.4. The Hall–Kier alpha value is -3.91. The van der Waals surface area contributed by atoms with Crippen molar-refractivity contribution >= 4 is 28.3 Å². The summed E-state index contributed by atoms with van der Waals surface area (Å²) in [6.07, 6.45) is 1.45. The van der Waals surface area contributed by atoms with E-state index in [1.807, 2.05) is 71.2 Å². The average Bonchev–Trinajstić information content (AvgIpc) is 3.63. The summed E-state index contributed by atoms with van der Waals surface area (Å²) in [4.78, 5) is 32.4. The van der Waals surface area contributed by atoms with Crippen LogP contribution < -0.4 is 5.69 Å². The van der Waals surface area contributed by atoms with E-state index in [0.717, 1.165) is 51.3 Å². The van der Waals surface area contributed by atoms with Crippen LogP contribution in [0.15, 0.2) is 70.8 Å². The van der Waals surface area contributed by atoms with E-state index in [4.69, 9.17) is 5.10 Å². The minimum absolute atomic E-state index is 0.0315. The van der Waals surface area contributed by atoms with Crippen molar-refractivity contribution in [3.8, 4) is 16.3 Å². The van der Waals surface area contributed by atoms with E-state index in [1.54, 1.807) is 16.0 Å². The number of hydrogen-bond donors (Lipinski definition) is 1. The molecule has 1 fully saturated rings. The van der Waals surface area contributed by atoms with Gasteiger partial charge in [-0.1, -0.05) is 30.3 Å². The predicted molar refractivity (Wildman–Crippen MR) is 143 cm³/mol. The summed E-state index contributed by atoms with van der Waals surface area (Å²) in [6, 6.07) is 20.0. The standard InChI is InChI=1S/C28H27N5O2S/c1-18-9-10-19(2)24(16-18)33-25(17-22(30-33)26-8-5-15-36-26)27(34)31-13-11-20(12-14-31)32-23-7-4-3-6-21(23)29-28(32)35/h3-10,15-17,20H,11-14H2,1-2H3,(H,29,35). The molecule has 0 spiro atoms. The van der Waals surface area contributed by atoms with Crippen molar-refractivity contribution in [1.29, 1.82) is 0 Å². The molecule has 1 N–H and O–H groups in total. The molecule has 8 heteroatoms. The van der Waals surface area contributed by atoms with E-state index in [0.29, 0.717) is 18.8 Å². The van der Waals surface area contributed by atoms with Gasteiger partial charge in [0.15, 0.2) is 0 Å². The molecule has 1 amide bonds. The molecular weight excluding hydrogens is 470 g/mol. The number of amides is 1. The number of likely N-dealkylation sites (tertiary alicyclic amines) is 1. The number of imidazole rings is 1. The monoisotopic (exact) mass is 497 g/mol. The Morgan fingerprint density at radius 2 is 1.83 bits per heavy atom. The first-order chi connectivity index (χ1) is 17.5. The average molecular weight is 498 g/mol. The lowest BCUT2D eigenvalue weighted by atomic mass is 10.0. The highest BCUT2D eigenvalue weighted by molar-refractivity contribution is 7.13. The Kier molecular flexibility index (Phi) is 5.60. The zero-order valence-electron chi connectivity index (χ0n) is 20.3. The van der Waals surface area contributed by atoms with Crippen molar-refractivity contribution in [2.45, 2.75) is 32.7 Å². The van der Waals surface area contributed by atoms with Gasteiger partial charge in [-0.15, -0.1) is 11.3 Å². The summed E-state index contributed by atoms with van der Waals surface area (Å²) in [7, 11) is 0. The molecule has 2 aromatic carbocycles. The summed E-state index contributed by atoms with van der Waals surface area (Å²) in [5.41, 5.74) is 6.14. The number of H-pyrrole nitrogens is 1. The third kappa shape index (κ3) is 3.87. The van der Waals surface area contributed by atoms with Crippen molar-refractivity contribution in [3.63, 3.8) is 0 Å². The number of benzene rings is 2. The number of aryl methyl sites for hydroxylation is 2. The molecule has 3 aromatic heterocycles. The maximum Gasteiger partial charge on any atom is 0.326 e. The summed E-state index contributed by atoms with van der Waals surface area (Å²) in [5, 5.41) is 6.89. The van der Waals surface area contributed by atoms with Gasteiger partial charge in [0.2, 0.25) is 0 Å². The number of carbonyl (C=O) groups excluding carboxylic acids is 1. The van der Waals surface area contributed by atoms with E-state index in [2.05, 4.69) is 23.2 Å². The van der Waals surface area contributed by atoms with Crippen LogP contribution in [0.4, 0.5) is 0 Å². The second-order valence-electron chi connectivity index (χ2n) is 9.43. The number of nitrogens with zero attached hydrogens (tertiary/aromatic N) is 4. The second kappa shape index (κ2) is 8.95. The van der Waals surface area contributed by atoms with Gasteiger partial charge in [0.25, 0.3) is 5.91 Å². The van der Waals surface area contributed by atoms with Crippen molar-refractivity contribution in [2.24, 2.45) is 0 Å². The molecule has 36 heavy (non-hydrogen) atoms. The molecule has 7 nitrogen and oxygen atoms in total. The molecule has 0 unspecified atom stereocenters. The third-order valence-electron chi connectivity index (χ3n) is 7.04. The van der Waals surface area contributed by atoms with Gasteiger partial charge in [0, 0.05) is 19.1 Å². The molecule has 1 aliphatic heterocycles. The van der Waals surface area contributed by atoms with Crippen LogP contribution in [-0.2, 0) is 0 Å². The highest BCUT2D eigenvalue weighted by atomic mass is 32.1. The summed E-state index contributed by atoms with van der Waals surface area (Å²) in [5.74, 6) is -0.0315. The van der Waals surface area contributed by atoms with E-state index in [1.165, 1.54) is 0 Å². The van der Waals surface area contributed by atoms with Crippen LogP contribution in [0.5, 0.6) is 0 Å². The number of aromatic amines is 1. The van der Waals surface area contributed by atoms with Gasteiger partial charge in [-0.3, -0.25) is 9.36 Å². The highest BCUT2D eigenvalue weighted by Crippen LogP contribution is 2.30. The number of thiophene rings is 1. The molecule has 0 atom stereocenters. The summed E-state index contributed by atoms with van der Waals surface area (Å²) >= 11 is 1.61. The molecule has 0 bridgehead atoms. The highest BCUT2D eigenvalue weighted by Gasteiger charge is 2.29. The van der Waals surface area contributed by atoms with Gasteiger partial charge in [0.1, 0.15) is 11.4 Å². The number of aromatic nitrogens is 4. The van der Waals surface area contributed by atoms with Crippen molar-refractivity contribution in [3.05, 3.63) is 93.3 Å². The molecule has 0 radical (unpaired) electrons. The van der Waals surface area contributed by atoms with E-state index in [-0.39, 0.29) is 17.6 Å². The number of piperidine rings is 1. The van der Waals surface area contributed by atoms with Crippen molar-refractivity contribution in [1.82, 2.24) is 24.2 Å². The maximum atomic E-state index is 13.8. The van der Waals surface area contributed by atoms with Crippen LogP contribution in [0.3, 0.4) is 0 Å². The maximum absolute atomic E-state index is 13.8. The molecule has 5 aromatic rings. The molecule has 1 saturated heterocycles. The molecule has 182 valence electrons. The first kappa shape index (κ1) is 22.5. The van der Waals surface area contributed by atoms with Crippen LogP contribution in [0.2, 0.25) is 0 Å². The topological polar surface area (TPSA) is 75.9 Å². The SMILES string of the molecule is Cc1ccc(C)c(-n2nc(-c3cccs3)cc2C(=O)N2CCC(n3c(=O)[nH]c4ccccc43)CC2)c1. The van der Waals surface area contributed by atoms with Gasteiger partial charge >= 0.3 is 5.69 Å². The number of rotatable bonds is 4. The smallest absolute Gasteiger partial charge is 0.326 e. The van der Waals surface area contributed by atoms with Crippen LogP contribution in [0.25, 0.3) is 27.3 Å². The zero-order chi connectivity index (χ0) is 24.8. The van der Waals surface area contributed by atoms with Crippen LogP contribution >= 0.6 is 11.3 Å². The normalized spacial score (nSPS) is 14.6. The lowest BCUT2D eigenvalue weighted by molar-refractivity contribution is 0.0685. The molecule has 0 saturated carbocycles. The van der Waals surface area contributed by atoms with E-state index in [9.17, 15) is 9.59 Å². The quantitative estimate of drug-likeness (QED) is 0.364. The Balaban J connectivity index is 1.31. The Bertz CT molecular complexity index is 1620. The number of para-hydroxylation sites is 2. The van der Waals surface area contributed by atoms with Gasteiger partial charge in [-0.25, -0.2) is 9.48 Å². The van der Waals surface area contributed by atoms with Gasteiger partial charge in [0.05, 0.1) is 21.6 Å². The number of nitrogens with one attached hydrogen (secondary N) is 1. The van der Waals surface area contributed by atoms with Crippen molar-refractivity contribution < 1.29 is 4.79 Å². The molecule has 0 aliphatic carbocycles.